The molecule has 0 saturated carbocycles. The number of alkyl carbamates (subject to hydrolysis) is 1. The van der Waals surface area contributed by atoms with E-state index in [-0.39, 0.29) is 11.7 Å². The molecule has 1 atom stereocenters. The molecular weight excluding hydrogens is 254 g/mol. The molecule has 0 heterocycles. The molecule has 20 heavy (non-hydrogen) atoms. The monoisotopic (exact) mass is 277 g/mol. The van der Waals surface area contributed by atoms with E-state index >= 15 is 0 Å². The lowest BCUT2D eigenvalue weighted by Crippen LogP contribution is -2.46. The van der Waals surface area contributed by atoms with Gasteiger partial charge in [0.25, 0.3) is 0 Å². The van der Waals surface area contributed by atoms with E-state index in [4.69, 9.17) is 4.74 Å². The van der Waals surface area contributed by atoms with Crippen LogP contribution in [0.25, 0.3) is 0 Å². The fourth-order valence-corrected chi connectivity index (χ4v) is 1.75. The van der Waals surface area contributed by atoms with E-state index in [9.17, 15) is 9.59 Å². The summed E-state index contributed by atoms with van der Waals surface area (Å²) in [6.45, 7) is 9.15. The number of nitrogens with one attached hydrogen (secondary N) is 1. The molecule has 0 radical (unpaired) electrons. The van der Waals surface area contributed by atoms with E-state index < -0.39 is 17.7 Å². The molecule has 1 aromatic rings. The summed E-state index contributed by atoms with van der Waals surface area (Å²) in [7, 11) is 0. The van der Waals surface area contributed by atoms with Crippen LogP contribution in [0.2, 0.25) is 0 Å². The van der Waals surface area contributed by atoms with Gasteiger partial charge in [-0.3, -0.25) is 4.79 Å². The van der Waals surface area contributed by atoms with Crippen LogP contribution in [0.5, 0.6) is 0 Å². The van der Waals surface area contributed by atoms with Gasteiger partial charge in [-0.25, -0.2) is 4.79 Å². The van der Waals surface area contributed by atoms with Crippen LogP contribution in [0, 0.1) is 5.92 Å². The highest BCUT2D eigenvalue weighted by atomic mass is 16.6. The first-order valence-electron chi connectivity index (χ1n) is 6.79. The second-order valence-corrected chi connectivity index (χ2v) is 6.10. The van der Waals surface area contributed by atoms with Crippen molar-refractivity contribution >= 4 is 11.9 Å². The normalized spacial score (nSPS) is 12.9. The number of hydrogen-bond acceptors (Lipinski definition) is 3. The van der Waals surface area contributed by atoms with Crippen molar-refractivity contribution in [2.24, 2.45) is 5.92 Å². The summed E-state index contributed by atoms with van der Waals surface area (Å²) in [5.41, 5.74) is 0.00349. The topological polar surface area (TPSA) is 55.4 Å². The van der Waals surface area contributed by atoms with Crippen LogP contribution < -0.4 is 5.32 Å². The van der Waals surface area contributed by atoms with Gasteiger partial charge < -0.3 is 10.1 Å². The highest BCUT2D eigenvalue weighted by Crippen LogP contribution is 2.12. The number of ether oxygens (including phenoxy) is 1. The van der Waals surface area contributed by atoms with Gasteiger partial charge >= 0.3 is 6.09 Å². The Kier molecular flexibility index (Phi) is 5.31. The average molecular weight is 277 g/mol. The summed E-state index contributed by atoms with van der Waals surface area (Å²) in [5, 5.41) is 2.66. The van der Waals surface area contributed by atoms with Crippen molar-refractivity contribution < 1.29 is 14.3 Å². The van der Waals surface area contributed by atoms with Crippen LogP contribution >= 0.6 is 0 Å². The smallest absolute Gasteiger partial charge is 0.408 e. The molecule has 0 fully saturated rings. The summed E-state index contributed by atoms with van der Waals surface area (Å²) >= 11 is 0. The van der Waals surface area contributed by atoms with E-state index in [0.29, 0.717) is 5.56 Å². The molecule has 1 aromatic carbocycles. The Labute approximate surface area is 120 Å². The third-order valence-electron chi connectivity index (χ3n) is 2.68. The molecule has 0 aliphatic heterocycles. The SMILES string of the molecule is CC(C)C(NC(=O)OC(C)(C)C)C(=O)c1ccccc1. The van der Waals surface area contributed by atoms with Gasteiger partial charge in [-0.15, -0.1) is 0 Å². The lowest BCUT2D eigenvalue weighted by Gasteiger charge is -2.25. The maximum absolute atomic E-state index is 12.4. The molecule has 4 nitrogen and oxygen atoms in total. The van der Waals surface area contributed by atoms with Gasteiger partial charge in [-0.1, -0.05) is 44.2 Å². The Hall–Kier alpha value is -1.84. The zero-order valence-electron chi connectivity index (χ0n) is 12.8. The zero-order chi connectivity index (χ0) is 15.3. The molecule has 110 valence electrons. The van der Waals surface area contributed by atoms with Gasteiger partial charge in [-0.05, 0) is 26.7 Å². The van der Waals surface area contributed by atoms with Crippen molar-refractivity contribution in [3.8, 4) is 0 Å². The Morgan fingerprint density at radius 2 is 1.65 bits per heavy atom. The van der Waals surface area contributed by atoms with E-state index in [1.54, 1.807) is 45.0 Å². The van der Waals surface area contributed by atoms with Crippen molar-refractivity contribution in [3.05, 3.63) is 35.9 Å². The molecule has 1 unspecified atom stereocenters. The Balaban J connectivity index is 2.80. The number of ketones is 1. The summed E-state index contributed by atoms with van der Waals surface area (Å²) in [6, 6.07) is 8.36. The largest absolute Gasteiger partial charge is 0.444 e. The van der Waals surface area contributed by atoms with Crippen LogP contribution in [0.1, 0.15) is 45.0 Å². The zero-order valence-corrected chi connectivity index (χ0v) is 12.8. The van der Waals surface area contributed by atoms with E-state index in [1.807, 2.05) is 19.9 Å². The summed E-state index contributed by atoms with van der Waals surface area (Å²) in [5.74, 6) is -0.123. The summed E-state index contributed by atoms with van der Waals surface area (Å²) in [6.07, 6.45) is -0.569. The van der Waals surface area contributed by atoms with Gasteiger partial charge in [0, 0.05) is 5.56 Å². The average Bonchev–Trinajstić information content (AvgIpc) is 2.34. The number of amides is 1. The number of carbonyl (C=O) groups excluding carboxylic acids is 2. The number of carbonyl (C=O) groups is 2. The minimum absolute atomic E-state index is 0.0183. The van der Waals surface area contributed by atoms with Crippen LogP contribution in [0.4, 0.5) is 4.79 Å². The predicted molar refractivity (Wildman–Crippen MR) is 78.8 cm³/mol. The van der Waals surface area contributed by atoms with Crippen LogP contribution in [0.3, 0.4) is 0 Å². The second-order valence-electron chi connectivity index (χ2n) is 6.10. The summed E-state index contributed by atoms with van der Waals surface area (Å²) < 4.78 is 5.20. The minimum atomic E-state index is -0.591. The van der Waals surface area contributed by atoms with Gasteiger partial charge in [-0.2, -0.15) is 0 Å². The van der Waals surface area contributed by atoms with Gasteiger partial charge in [0.15, 0.2) is 5.78 Å². The first kappa shape index (κ1) is 16.2. The van der Waals surface area contributed by atoms with E-state index in [0.717, 1.165) is 0 Å². The second kappa shape index (κ2) is 6.55. The molecule has 1 N–H and O–H groups in total. The van der Waals surface area contributed by atoms with Gasteiger partial charge in [0.05, 0.1) is 6.04 Å². The van der Waals surface area contributed by atoms with Crippen molar-refractivity contribution in [2.75, 3.05) is 0 Å². The fraction of sp³-hybridized carbons (Fsp3) is 0.500. The van der Waals surface area contributed by atoms with Crippen molar-refractivity contribution in [1.82, 2.24) is 5.32 Å². The minimum Gasteiger partial charge on any atom is -0.444 e. The highest BCUT2D eigenvalue weighted by Gasteiger charge is 2.27. The first-order chi connectivity index (χ1) is 9.20. The maximum atomic E-state index is 12.4. The molecule has 1 rings (SSSR count). The maximum Gasteiger partial charge on any atom is 0.408 e. The lowest BCUT2D eigenvalue weighted by atomic mass is 9.95. The molecule has 0 spiro atoms. The number of Topliss-reactive ketones (excluding diaryl/α,β-unsaturated/α-hetero) is 1. The van der Waals surface area contributed by atoms with E-state index in [2.05, 4.69) is 5.32 Å². The Bertz CT molecular complexity index is 460. The standard InChI is InChI=1S/C16H23NO3/c1-11(2)13(17-15(19)20-16(3,4)5)14(18)12-9-7-6-8-10-12/h6-11,13H,1-5H3,(H,17,19). The Morgan fingerprint density at radius 3 is 2.10 bits per heavy atom. The van der Waals surface area contributed by atoms with Gasteiger partial charge in [0.1, 0.15) is 5.60 Å². The quantitative estimate of drug-likeness (QED) is 0.858. The fourth-order valence-electron chi connectivity index (χ4n) is 1.75. The van der Waals surface area contributed by atoms with Crippen LogP contribution in [0.15, 0.2) is 30.3 Å². The first-order valence-corrected chi connectivity index (χ1v) is 6.79. The van der Waals surface area contributed by atoms with Crippen molar-refractivity contribution in [3.63, 3.8) is 0 Å². The van der Waals surface area contributed by atoms with Crippen LogP contribution in [-0.4, -0.2) is 23.5 Å². The van der Waals surface area contributed by atoms with Gasteiger partial charge in [0.2, 0.25) is 0 Å². The molecule has 0 saturated heterocycles. The third kappa shape index (κ3) is 5.03. The Morgan fingerprint density at radius 1 is 1.10 bits per heavy atom. The summed E-state index contributed by atoms with van der Waals surface area (Å²) in [4.78, 5) is 24.2. The molecule has 0 aromatic heterocycles. The molecule has 4 heteroatoms. The number of hydrogen-bond donors (Lipinski definition) is 1. The predicted octanol–water partition coefficient (Wildman–Crippen LogP) is 3.42. The highest BCUT2D eigenvalue weighted by molar-refractivity contribution is 6.01. The third-order valence-corrected chi connectivity index (χ3v) is 2.68. The molecule has 1 amide bonds. The molecular formula is C16H23NO3. The number of benzene rings is 1. The van der Waals surface area contributed by atoms with E-state index in [1.165, 1.54) is 0 Å². The number of rotatable bonds is 4. The molecule has 0 aliphatic carbocycles. The van der Waals surface area contributed by atoms with Crippen LogP contribution in [-0.2, 0) is 4.74 Å². The molecule has 0 bridgehead atoms. The lowest BCUT2D eigenvalue weighted by molar-refractivity contribution is 0.0475. The molecule has 0 aliphatic rings. The van der Waals surface area contributed by atoms with Crippen molar-refractivity contribution in [1.29, 1.82) is 0 Å². The van der Waals surface area contributed by atoms with Crippen molar-refractivity contribution in [2.45, 2.75) is 46.3 Å².